The molecular formula is C46H45N7OPt+2. The molecule has 0 aliphatic carbocycles. The maximum atomic E-state index is 7.05. The van der Waals surface area contributed by atoms with Crippen LogP contribution in [0.3, 0.4) is 0 Å². The van der Waals surface area contributed by atoms with Crippen molar-refractivity contribution in [3.63, 3.8) is 0 Å². The van der Waals surface area contributed by atoms with Gasteiger partial charge >= 0.3 is 27.1 Å². The molecule has 0 spiro atoms. The summed E-state index contributed by atoms with van der Waals surface area (Å²) in [6, 6.07) is 39.7. The van der Waals surface area contributed by atoms with Crippen LogP contribution in [0.25, 0.3) is 39.0 Å². The smallest absolute Gasteiger partial charge is 0.508 e. The average molecular weight is 907 g/mol. The normalized spacial score (nSPS) is 13.1. The summed E-state index contributed by atoms with van der Waals surface area (Å²) in [5.74, 6) is 3.77. The molecule has 7 aromatic rings. The van der Waals surface area contributed by atoms with Crippen molar-refractivity contribution >= 4 is 44.9 Å². The number of hydrogen-bond acceptors (Lipinski definition) is 5. The van der Waals surface area contributed by atoms with Crippen LogP contribution in [0.2, 0.25) is 0 Å². The number of aromatic nitrogens is 5. The van der Waals surface area contributed by atoms with Gasteiger partial charge in [-0.15, -0.1) is 29.1 Å². The molecule has 0 saturated heterocycles. The van der Waals surface area contributed by atoms with Gasteiger partial charge in [-0.3, -0.25) is 0 Å². The van der Waals surface area contributed by atoms with E-state index >= 15 is 0 Å². The van der Waals surface area contributed by atoms with E-state index in [-0.39, 0.29) is 37.3 Å². The molecule has 4 heterocycles. The van der Waals surface area contributed by atoms with E-state index < -0.39 is 0 Å². The fraction of sp³-hybridized carbons (Fsp3) is 0.283. The molecule has 8 rings (SSSR count). The van der Waals surface area contributed by atoms with Gasteiger partial charge in [0.25, 0.3) is 11.4 Å². The molecule has 55 heavy (non-hydrogen) atoms. The Morgan fingerprint density at radius 2 is 1.35 bits per heavy atom. The van der Waals surface area contributed by atoms with Gasteiger partial charge in [0.05, 0.1) is 0 Å². The molecule has 1 aliphatic rings. The van der Waals surface area contributed by atoms with Crippen LogP contribution in [-0.4, -0.2) is 42.1 Å². The molecule has 0 radical (unpaired) electrons. The largest absolute Gasteiger partial charge is 2.00 e. The second-order valence-electron chi connectivity index (χ2n) is 17.1. The fourth-order valence-corrected chi connectivity index (χ4v) is 6.68. The number of fused-ring (bicyclic) bond motifs is 4. The van der Waals surface area contributed by atoms with Crippen LogP contribution in [-0.2, 0) is 37.3 Å². The fourth-order valence-electron chi connectivity index (χ4n) is 6.68. The summed E-state index contributed by atoms with van der Waals surface area (Å²) in [5, 5.41) is 2.05. The van der Waals surface area contributed by atoms with E-state index in [4.69, 9.17) is 24.7 Å². The van der Waals surface area contributed by atoms with Crippen molar-refractivity contribution < 1.29 is 30.4 Å². The summed E-state index contributed by atoms with van der Waals surface area (Å²) in [6.07, 6.45) is 1.81. The van der Waals surface area contributed by atoms with E-state index in [1.807, 2.05) is 58.8 Å². The zero-order valence-electron chi connectivity index (χ0n) is 33.0. The third-order valence-electron chi connectivity index (χ3n) is 9.66. The first kappa shape index (κ1) is 38.0. The Morgan fingerprint density at radius 3 is 2.00 bits per heavy atom. The predicted molar refractivity (Wildman–Crippen MR) is 216 cm³/mol. The van der Waals surface area contributed by atoms with Gasteiger partial charge in [0, 0.05) is 46.2 Å². The topological polar surface area (TPSA) is 71.7 Å². The number of rotatable bonds is 5. The standard InChI is InChI=1S/C46H45N7O.Pt/c1-44(2,3)29-23-30(52-28-51(10)36-19-13-14-20-37(36)52)25-31(24-29)54-39-27-38-33(32-17-11-12-18-35(32)53(38)40-21-15-16-22-47-40)26-34(39)41-48-42(45(4,5)6)50-43(49-41)46(7,8)9;/h11-24,26H,1-10H3;/q;+2. The average Bonchev–Trinajstić information content (AvgIpc) is 3.64. The molecule has 0 amide bonds. The van der Waals surface area contributed by atoms with Gasteiger partial charge < -0.3 is 9.30 Å². The van der Waals surface area contributed by atoms with Gasteiger partial charge in [0.15, 0.2) is 7.05 Å². The molecule has 0 atom stereocenters. The van der Waals surface area contributed by atoms with Crippen molar-refractivity contribution in [1.82, 2.24) is 29.1 Å². The van der Waals surface area contributed by atoms with Gasteiger partial charge in [0.1, 0.15) is 29.0 Å². The second kappa shape index (κ2) is 13.8. The van der Waals surface area contributed by atoms with Crippen LogP contribution in [0.15, 0.2) is 91.1 Å². The molecule has 3 aromatic heterocycles. The number of ether oxygens (including phenoxy) is 1. The molecule has 0 unspecified atom stereocenters. The van der Waals surface area contributed by atoms with Crippen LogP contribution in [0.4, 0.5) is 17.1 Å². The number of nitrogens with zero attached hydrogens (tertiary/aromatic N) is 7. The molecule has 0 fully saturated rings. The van der Waals surface area contributed by atoms with Crippen LogP contribution >= 0.6 is 0 Å². The quantitative estimate of drug-likeness (QED) is 0.127. The summed E-state index contributed by atoms with van der Waals surface area (Å²) in [5.41, 5.74) is 5.73. The van der Waals surface area contributed by atoms with Crippen molar-refractivity contribution in [1.29, 1.82) is 0 Å². The Morgan fingerprint density at radius 1 is 0.691 bits per heavy atom. The zero-order chi connectivity index (χ0) is 38.2. The summed E-state index contributed by atoms with van der Waals surface area (Å²) >= 11 is 0. The van der Waals surface area contributed by atoms with Crippen LogP contribution in [0.1, 0.15) is 79.5 Å². The Labute approximate surface area is 337 Å². The van der Waals surface area contributed by atoms with E-state index in [1.165, 1.54) is 0 Å². The van der Waals surface area contributed by atoms with Gasteiger partial charge in [-0.1, -0.05) is 126 Å². The van der Waals surface area contributed by atoms with E-state index in [9.17, 15) is 0 Å². The first-order valence-electron chi connectivity index (χ1n) is 18.4. The van der Waals surface area contributed by atoms with E-state index in [1.54, 1.807) is 0 Å². The minimum absolute atomic E-state index is 0. The minimum atomic E-state index is -0.322. The SMILES string of the molecule is C[N+]1=C=[N+](c2[c-]c(Oc3[c-]c4c(cc3-c3nc(C(C)(C)C)nc(C(C)(C)C)n3)c3ccccc3n4-c3ccccn3)cc(C(C)(C)C)c2)c2ccccc21.[Pt+2]. The van der Waals surface area contributed by atoms with E-state index in [0.717, 1.165) is 50.2 Å². The monoisotopic (exact) mass is 906 g/mol. The third kappa shape index (κ3) is 7.06. The minimum Gasteiger partial charge on any atom is -0.508 e. The Bertz CT molecular complexity index is 2650. The van der Waals surface area contributed by atoms with Crippen molar-refractivity contribution in [3.05, 3.63) is 120 Å². The molecule has 4 aromatic carbocycles. The van der Waals surface area contributed by atoms with Gasteiger partial charge in [-0.25, -0.2) is 19.9 Å². The maximum absolute atomic E-state index is 7.05. The Kier molecular flexibility index (Phi) is 9.52. The predicted octanol–water partition coefficient (Wildman–Crippen LogP) is 10.6. The Balaban J connectivity index is 0.00000465. The number of para-hydroxylation sites is 3. The van der Waals surface area contributed by atoms with Crippen LogP contribution in [0, 0.1) is 12.1 Å². The van der Waals surface area contributed by atoms with Gasteiger partial charge in [-0.05, 0) is 34.6 Å². The van der Waals surface area contributed by atoms with Crippen molar-refractivity contribution in [2.24, 2.45) is 0 Å². The second-order valence-corrected chi connectivity index (χ2v) is 17.1. The number of hydrogen-bond donors (Lipinski definition) is 0. The van der Waals surface area contributed by atoms with E-state index in [0.29, 0.717) is 34.5 Å². The first-order chi connectivity index (χ1) is 25.6. The number of benzene rings is 4. The molecule has 0 N–H and O–H groups in total. The maximum Gasteiger partial charge on any atom is 2.00 e. The summed E-state index contributed by atoms with van der Waals surface area (Å²) in [6.45, 7) is 19.4. The summed E-state index contributed by atoms with van der Waals surface area (Å²) in [4.78, 5) is 20.0. The first-order valence-corrected chi connectivity index (χ1v) is 18.4. The number of pyridine rings is 1. The summed E-state index contributed by atoms with van der Waals surface area (Å²) < 4.78 is 13.2. The van der Waals surface area contributed by atoms with Gasteiger partial charge in [-0.2, -0.15) is 0 Å². The van der Waals surface area contributed by atoms with Crippen LogP contribution in [0.5, 0.6) is 11.5 Å². The molecule has 8 nitrogen and oxygen atoms in total. The van der Waals surface area contributed by atoms with Crippen molar-refractivity contribution in [2.75, 3.05) is 7.05 Å². The Hall–Kier alpha value is -5.29. The summed E-state index contributed by atoms with van der Waals surface area (Å²) in [7, 11) is 2.01. The molecule has 278 valence electrons. The zero-order valence-corrected chi connectivity index (χ0v) is 35.3. The molecule has 0 saturated carbocycles. The van der Waals surface area contributed by atoms with Crippen LogP contribution < -0.4 is 9.31 Å². The van der Waals surface area contributed by atoms with Gasteiger partial charge in [0.2, 0.25) is 0 Å². The van der Waals surface area contributed by atoms with Crippen molar-refractivity contribution in [2.45, 2.75) is 78.6 Å². The van der Waals surface area contributed by atoms with E-state index in [2.05, 4.69) is 134 Å². The van der Waals surface area contributed by atoms with Crippen molar-refractivity contribution in [3.8, 4) is 28.7 Å². The molecule has 9 heteroatoms. The molecular weight excluding hydrogens is 862 g/mol. The molecule has 0 bridgehead atoms. The molecule has 1 aliphatic heterocycles. The third-order valence-corrected chi connectivity index (χ3v) is 9.66.